The minimum absolute atomic E-state index is 0.353. The highest BCUT2D eigenvalue weighted by Crippen LogP contribution is 2.24. The van der Waals surface area contributed by atoms with Crippen LogP contribution in [0, 0.1) is 0 Å². The van der Waals surface area contributed by atoms with E-state index in [2.05, 4.69) is 31.3 Å². The minimum Gasteiger partial charge on any atom is -0.479 e. The number of imidazole rings is 1. The van der Waals surface area contributed by atoms with Crippen LogP contribution < -0.4 is 4.74 Å². The number of methoxy groups -OCH3 is 1. The van der Waals surface area contributed by atoms with Crippen molar-refractivity contribution in [2.75, 3.05) is 20.2 Å². The molecule has 0 bridgehead atoms. The van der Waals surface area contributed by atoms with Gasteiger partial charge < -0.3 is 9.30 Å². The van der Waals surface area contributed by atoms with Gasteiger partial charge in [0, 0.05) is 12.6 Å². The predicted molar refractivity (Wildman–Crippen MR) is 81.7 cm³/mol. The highest BCUT2D eigenvalue weighted by molar-refractivity contribution is 6.16. The standard InChI is InChI=1S/C14H20ClN5O/c1-10(19-5-3-4-6-19)8-20-11(7-15)18-12-13(20)16-9-17-14(12)21-2/h9-10H,3-8H2,1-2H3. The van der Waals surface area contributed by atoms with Crippen LogP contribution in [0.15, 0.2) is 6.33 Å². The van der Waals surface area contributed by atoms with Crippen molar-refractivity contribution in [3.05, 3.63) is 12.2 Å². The fraction of sp³-hybridized carbons (Fsp3) is 0.643. The van der Waals surface area contributed by atoms with Gasteiger partial charge in [0.1, 0.15) is 12.2 Å². The van der Waals surface area contributed by atoms with E-state index in [0.29, 0.717) is 23.3 Å². The Morgan fingerprint density at radius 2 is 2.10 bits per heavy atom. The Morgan fingerprint density at radius 1 is 1.33 bits per heavy atom. The molecule has 0 aromatic carbocycles. The molecule has 0 spiro atoms. The average molecular weight is 310 g/mol. The van der Waals surface area contributed by atoms with Crippen molar-refractivity contribution in [1.29, 1.82) is 0 Å². The van der Waals surface area contributed by atoms with Crippen molar-refractivity contribution in [1.82, 2.24) is 24.4 Å². The van der Waals surface area contributed by atoms with E-state index in [1.54, 1.807) is 7.11 Å². The van der Waals surface area contributed by atoms with Gasteiger partial charge in [-0.15, -0.1) is 11.6 Å². The number of fused-ring (bicyclic) bond motifs is 1. The van der Waals surface area contributed by atoms with E-state index in [-0.39, 0.29) is 0 Å². The quantitative estimate of drug-likeness (QED) is 0.791. The molecule has 2 aromatic rings. The molecular formula is C14H20ClN5O. The molecule has 7 heteroatoms. The molecule has 0 saturated carbocycles. The van der Waals surface area contributed by atoms with Crippen LogP contribution in [0.1, 0.15) is 25.6 Å². The maximum absolute atomic E-state index is 6.06. The summed E-state index contributed by atoms with van der Waals surface area (Å²) in [6.45, 7) is 5.41. The van der Waals surface area contributed by atoms with Gasteiger partial charge in [-0.1, -0.05) is 0 Å². The third-order valence-corrected chi connectivity index (χ3v) is 4.34. The van der Waals surface area contributed by atoms with Crippen LogP contribution in [0.3, 0.4) is 0 Å². The average Bonchev–Trinajstić information content (AvgIpc) is 3.14. The summed E-state index contributed by atoms with van der Waals surface area (Å²) in [5.74, 6) is 1.67. The number of likely N-dealkylation sites (tertiary alicyclic amines) is 1. The summed E-state index contributed by atoms with van der Waals surface area (Å²) in [6.07, 6.45) is 4.08. The van der Waals surface area contributed by atoms with E-state index >= 15 is 0 Å². The van der Waals surface area contributed by atoms with E-state index < -0.39 is 0 Å². The Balaban J connectivity index is 1.96. The first-order valence-electron chi connectivity index (χ1n) is 7.28. The van der Waals surface area contributed by atoms with Crippen LogP contribution in [0.5, 0.6) is 5.88 Å². The summed E-state index contributed by atoms with van der Waals surface area (Å²) in [6, 6.07) is 0.438. The third kappa shape index (κ3) is 2.70. The lowest BCUT2D eigenvalue weighted by atomic mass is 10.3. The summed E-state index contributed by atoms with van der Waals surface area (Å²) < 4.78 is 7.36. The number of nitrogens with zero attached hydrogens (tertiary/aromatic N) is 5. The zero-order valence-electron chi connectivity index (χ0n) is 12.4. The van der Waals surface area contributed by atoms with Crippen molar-refractivity contribution in [2.24, 2.45) is 0 Å². The predicted octanol–water partition coefficient (Wildman–Crippen LogP) is 2.06. The number of alkyl halides is 1. The summed E-state index contributed by atoms with van der Waals surface area (Å²) in [5, 5.41) is 0. The second kappa shape index (κ2) is 6.15. The van der Waals surface area contributed by atoms with Gasteiger partial charge in [0.25, 0.3) is 0 Å². The number of ether oxygens (including phenoxy) is 1. The molecule has 1 fully saturated rings. The first-order valence-corrected chi connectivity index (χ1v) is 7.82. The Labute approximate surface area is 129 Å². The van der Waals surface area contributed by atoms with Crippen LogP contribution in [-0.2, 0) is 12.4 Å². The Hall–Kier alpha value is -1.40. The van der Waals surface area contributed by atoms with E-state index in [9.17, 15) is 0 Å². The smallest absolute Gasteiger partial charge is 0.245 e. The first kappa shape index (κ1) is 14.5. The minimum atomic E-state index is 0.353. The third-order valence-electron chi connectivity index (χ3n) is 4.10. The molecule has 1 aliphatic heterocycles. The van der Waals surface area contributed by atoms with Gasteiger partial charge in [-0.2, -0.15) is 4.98 Å². The second-order valence-corrected chi connectivity index (χ2v) is 5.69. The number of hydrogen-bond acceptors (Lipinski definition) is 5. The van der Waals surface area contributed by atoms with Gasteiger partial charge in [-0.25, -0.2) is 9.97 Å². The van der Waals surface area contributed by atoms with Crippen LogP contribution >= 0.6 is 11.6 Å². The van der Waals surface area contributed by atoms with Crippen molar-refractivity contribution in [3.63, 3.8) is 0 Å². The Morgan fingerprint density at radius 3 is 2.76 bits per heavy atom. The van der Waals surface area contributed by atoms with Crippen LogP contribution in [0.2, 0.25) is 0 Å². The lowest BCUT2D eigenvalue weighted by Gasteiger charge is -2.24. The van der Waals surface area contributed by atoms with E-state index in [0.717, 1.165) is 18.0 Å². The zero-order valence-corrected chi connectivity index (χ0v) is 13.2. The molecular weight excluding hydrogens is 290 g/mol. The molecule has 21 heavy (non-hydrogen) atoms. The van der Waals surface area contributed by atoms with Crippen molar-refractivity contribution < 1.29 is 4.74 Å². The van der Waals surface area contributed by atoms with E-state index in [4.69, 9.17) is 16.3 Å². The molecule has 3 heterocycles. The molecule has 114 valence electrons. The maximum Gasteiger partial charge on any atom is 0.245 e. The topological polar surface area (TPSA) is 56.1 Å². The number of aromatic nitrogens is 4. The van der Waals surface area contributed by atoms with Gasteiger partial charge in [-0.05, 0) is 32.9 Å². The lowest BCUT2D eigenvalue weighted by Crippen LogP contribution is -2.34. The fourth-order valence-corrected chi connectivity index (χ4v) is 3.17. The lowest BCUT2D eigenvalue weighted by molar-refractivity contribution is 0.236. The Bertz CT molecular complexity index is 623. The summed E-state index contributed by atoms with van der Waals surface area (Å²) in [7, 11) is 1.59. The molecule has 0 radical (unpaired) electrons. The van der Waals surface area contributed by atoms with Crippen LogP contribution in [0.25, 0.3) is 11.2 Å². The summed E-state index contributed by atoms with van der Waals surface area (Å²) in [5.41, 5.74) is 1.48. The normalized spacial score (nSPS) is 17.5. The molecule has 1 atom stereocenters. The molecule has 0 amide bonds. The van der Waals surface area contributed by atoms with Crippen LogP contribution in [0.4, 0.5) is 0 Å². The SMILES string of the molecule is COc1ncnc2c1nc(CCl)n2CC(C)N1CCCC1. The zero-order chi connectivity index (χ0) is 14.8. The van der Waals surface area contributed by atoms with Crippen molar-refractivity contribution in [2.45, 2.75) is 38.2 Å². The number of rotatable bonds is 5. The highest BCUT2D eigenvalue weighted by Gasteiger charge is 2.22. The van der Waals surface area contributed by atoms with Crippen molar-refractivity contribution in [3.8, 4) is 5.88 Å². The van der Waals surface area contributed by atoms with Crippen molar-refractivity contribution >= 4 is 22.8 Å². The maximum atomic E-state index is 6.06. The summed E-state index contributed by atoms with van der Waals surface area (Å²) in [4.78, 5) is 15.5. The van der Waals surface area contributed by atoms with E-state index in [1.165, 1.54) is 32.3 Å². The number of hydrogen-bond donors (Lipinski definition) is 0. The van der Waals surface area contributed by atoms with E-state index in [1.807, 2.05) is 0 Å². The van der Waals surface area contributed by atoms with Gasteiger partial charge in [0.05, 0.1) is 13.0 Å². The summed E-state index contributed by atoms with van der Waals surface area (Å²) >= 11 is 6.06. The molecule has 0 N–H and O–H groups in total. The molecule has 3 rings (SSSR count). The van der Waals surface area contributed by atoms with Gasteiger partial charge in [-0.3, -0.25) is 4.90 Å². The molecule has 0 aliphatic carbocycles. The van der Waals surface area contributed by atoms with Gasteiger partial charge in [0.2, 0.25) is 5.88 Å². The van der Waals surface area contributed by atoms with Gasteiger partial charge >= 0.3 is 0 Å². The monoisotopic (exact) mass is 309 g/mol. The Kier molecular flexibility index (Phi) is 4.26. The molecule has 1 saturated heterocycles. The second-order valence-electron chi connectivity index (χ2n) is 5.42. The molecule has 2 aromatic heterocycles. The number of halogens is 1. The van der Waals surface area contributed by atoms with Crippen LogP contribution in [-0.4, -0.2) is 50.7 Å². The highest BCUT2D eigenvalue weighted by atomic mass is 35.5. The molecule has 6 nitrogen and oxygen atoms in total. The van der Waals surface area contributed by atoms with Gasteiger partial charge in [0.15, 0.2) is 11.2 Å². The fourth-order valence-electron chi connectivity index (χ4n) is 2.97. The molecule has 1 aliphatic rings. The first-order chi connectivity index (χ1) is 10.2. The molecule has 1 unspecified atom stereocenters. The largest absolute Gasteiger partial charge is 0.479 e.